The largest absolute Gasteiger partial charge is 0.487 e. The van der Waals surface area contributed by atoms with Crippen LogP contribution in [0.3, 0.4) is 0 Å². The standard InChI is InChI=1S/C23H28N2O/c1-15(2)10-12-25-19(6)18(5)20-9-11-24-21(23(20)25)14-26-22-8-7-16(3)13-17(22)4/h7-11,13H,12,14H2,1-6H3. The van der Waals surface area contributed by atoms with Gasteiger partial charge in [-0.1, -0.05) is 29.3 Å². The van der Waals surface area contributed by atoms with E-state index in [1.807, 2.05) is 12.3 Å². The molecule has 0 bridgehead atoms. The van der Waals surface area contributed by atoms with E-state index in [-0.39, 0.29) is 0 Å². The molecular formula is C23H28N2O. The molecule has 0 unspecified atom stereocenters. The SMILES string of the molecule is CC(C)=CCn1c(C)c(C)c2ccnc(COc3ccc(C)cc3C)c21. The van der Waals surface area contributed by atoms with Crippen LogP contribution in [-0.2, 0) is 13.2 Å². The van der Waals surface area contributed by atoms with Crippen molar-refractivity contribution >= 4 is 10.9 Å². The zero-order chi connectivity index (χ0) is 18.8. The van der Waals surface area contributed by atoms with Gasteiger partial charge in [-0.2, -0.15) is 0 Å². The average molecular weight is 348 g/mol. The van der Waals surface area contributed by atoms with Crippen molar-refractivity contribution in [2.75, 3.05) is 0 Å². The monoisotopic (exact) mass is 348 g/mol. The van der Waals surface area contributed by atoms with E-state index in [9.17, 15) is 0 Å². The van der Waals surface area contributed by atoms with Gasteiger partial charge in [0.15, 0.2) is 0 Å². The number of aryl methyl sites for hydroxylation is 3. The first-order chi connectivity index (χ1) is 12.4. The lowest BCUT2D eigenvalue weighted by atomic mass is 10.1. The predicted octanol–water partition coefficient (Wildman–Crippen LogP) is 5.82. The molecule has 136 valence electrons. The van der Waals surface area contributed by atoms with Crippen LogP contribution >= 0.6 is 0 Å². The van der Waals surface area contributed by atoms with Crippen molar-refractivity contribution in [3.63, 3.8) is 0 Å². The fourth-order valence-corrected chi connectivity index (χ4v) is 3.38. The van der Waals surface area contributed by atoms with Crippen LogP contribution in [0.25, 0.3) is 10.9 Å². The summed E-state index contributed by atoms with van der Waals surface area (Å²) in [5.74, 6) is 0.922. The van der Waals surface area contributed by atoms with Gasteiger partial charge in [0.1, 0.15) is 18.1 Å². The zero-order valence-electron chi connectivity index (χ0n) is 16.7. The van der Waals surface area contributed by atoms with Crippen LogP contribution < -0.4 is 4.74 Å². The third kappa shape index (κ3) is 3.52. The van der Waals surface area contributed by atoms with Crippen molar-refractivity contribution in [1.82, 2.24) is 9.55 Å². The van der Waals surface area contributed by atoms with E-state index in [2.05, 4.69) is 75.4 Å². The molecule has 0 spiro atoms. The van der Waals surface area contributed by atoms with Crippen LogP contribution in [0.1, 0.15) is 41.9 Å². The highest BCUT2D eigenvalue weighted by atomic mass is 16.5. The van der Waals surface area contributed by atoms with Crippen molar-refractivity contribution in [2.24, 2.45) is 0 Å². The molecule has 3 nitrogen and oxygen atoms in total. The van der Waals surface area contributed by atoms with Gasteiger partial charge in [0, 0.05) is 23.8 Å². The Morgan fingerprint density at radius 1 is 1.12 bits per heavy atom. The number of allylic oxidation sites excluding steroid dienone is 2. The summed E-state index contributed by atoms with van der Waals surface area (Å²) in [4.78, 5) is 4.64. The Kier molecular flexibility index (Phi) is 5.17. The minimum atomic E-state index is 0.471. The molecule has 0 N–H and O–H groups in total. The molecule has 0 saturated heterocycles. The lowest BCUT2D eigenvalue weighted by molar-refractivity contribution is 0.300. The molecule has 1 aromatic carbocycles. The molecule has 3 rings (SSSR count). The summed E-state index contributed by atoms with van der Waals surface area (Å²) < 4.78 is 8.48. The lowest BCUT2D eigenvalue weighted by Crippen LogP contribution is -2.05. The zero-order valence-corrected chi connectivity index (χ0v) is 16.7. The molecule has 0 aliphatic carbocycles. The van der Waals surface area contributed by atoms with Gasteiger partial charge in [-0.25, -0.2) is 0 Å². The molecule has 0 saturated carbocycles. The molecule has 3 aromatic rings. The van der Waals surface area contributed by atoms with Gasteiger partial charge in [-0.15, -0.1) is 0 Å². The first-order valence-electron chi connectivity index (χ1n) is 9.15. The summed E-state index contributed by atoms with van der Waals surface area (Å²) in [6.45, 7) is 14.2. The third-order valence-electron chi connectivity index (χ3n) is 5.00. The van der Waals surface area contributed by atoms with E-state index in [1.165, 1.54) is 33.3 Å². The predicted molar refractivity (Wildman–Crippen MR) is 109 cm³/mol. The van der Waals surface area contributed by atoms with Gasteiger partial charge < -0.3 is 9.30 Å². The second kappa shape index (κ2) is 7.36. The van der Waals surface area contributed by atoms with Crippen LogP contribution in [0.4, 0.5) is 0 Å². The Morgan fingerprint density at radius 2 is 1.88 bits per heavy atom. The van der Waals surface area contributed by atoms with E-state index in [4.69, 9.17) is 4.74 Å². The van der Waals surface area contributed by atoms with E-state index < -0.39 is 0 Å². The molecule has 3 heteroatoms. The topological polar surface area (TPSA) is 27.1 Å². The molecule has 0 aliphatic heterocycles. The molecule has 0 atom stereocenters. The lowest BCUT2D eigenvalue weighted by Gasteiger charge is -2.12. The molecule has 2 aromatic heterocycles. The number of hydrogen-bond acceptors (Lipinski definition) is 2. The van der Waals surface area contributed by atoms with Gasteiger partial charge in [-0.3, -0.25) is 4.98 Å². The minimum Gasteiger partial charge on any atom is -0.487 e. The molecule has 0 radical (unpaired) electrons. The Morgan fingerprint density at radius 3 is 2.58 bits per heavy atom. The van der Waals surface area contributed by atoms with Crippen molar-refractivity contribution in [1.29, 1.82) is 0 Å². The summed E-state index contributed by atoms with van der Waals surface area (Å²) in [6, 6.07) is 8.39. The molecule has 0 fully saturated rings. The number of benzene rings is 1. The van der Waals surface area contributed by atoms with E-state index >= 15 is 0 Å². The molecule has 2 heterocycles. The minimum absolute atomic E-state index is 0.471. The molecular weight excluding hydrogens is 320 g/mol. The average Bonchev–Trinajstić information content (AvgIpc) is 2.84. The van der Waals surface area contributed by atoms with Crippen LogP contribution in [-0.4, -0.2) is 9.55 Å². The van der Waals surface area contributed by atoms with Crippen LogP contribution in [0.15, 0.2) is 42.1 Å². The van der Waals surface area contributed by atoms with Gasteiger partial charge in [0.2, 0.25) is 0 Å². The third-order valence-corrected chi connectivity index (χ3v) is 5.00. The molecule has 26 heavy (non-hydrogen) atoms. The highest BCUT2D eigenvalue weighted by Gasteiger charge is 2.15. The van der Waals surface area contributed by atoms with Crippen LogP contribution in [0.5, 0.6) is 5.75 Å². The number of aromatic nitrogens is 2. The second-order valence-electron chi connectivity index (χ2n) is 7.31. The van der Waals surface area contributed by atoms with Crippen molar-refractivity contribution in [3.05, 3.63) is 70.2 Å². The van der Waals surface area contributed by atoms with E-state index in [0.717, 1.165) is 23.6 Å². The van der Waals surface area contributed by atoms with Crippen molar-refractivity contribution in [3.8, 4) is 5.75 Å². The number of pyridine rings is 1. The van der Waals surface area contributed by atoms with Crippen molar-refractivity contribution < 1.29 is 4.74 Å². The Balaban J connectivity index is 2.00. The smallest absolute Gasteiger partial charge is 0.132 e. The summed E-state index contributed by atoms with van der Waals surface area (Å²) in [6.07, 6.45) is 4.15. The van der Waals surface area contributed by atoms with Crippen LogP contribution in [0, 0.1) is 27.7 Å². The Labute approximate surface area is 156 Å². The first-order valence-corrected chi connectivity index (χ1v) is 9.15. The number of hydrogen-bond donors (Lipinski definition) is 0. The van der Waals surface area contributed by atoms with E-state index in [0.29, 0.717) is 6.61 Å². The van der Waals surface area contributed by atoms with Gasteiger partial charge in [0.25, 0.3) is 0 Å². The number of fused-ring (bicyclic) bond motifs is 1. The highest BCUT2D eigenvalue weighted by molar-refractivity contribution is 5.87. The van der Waals surface area contributed by atoms with Gasteiger partial charge >= 0.3 is 0 Å². The number of nitrogens with zero attached hydrogens (tertiary/aromatic N) is 2. The Bertz CT molecular complexity index is 976. The maximum absolute atomic E-state index is 6.12. The quantitative estimate of drug-likeness (QED) is 0.544. The fourth-order valence-electron chi connectivity index (χ4n) is 3.38. The highest BCUT2D eigenvalue weighted by Crippen LogP contribution is 2.28. The molecule has 0 aliphatic rings. The Hall–Kier alpha value is -2.55. The second-order valence-corrected chi connectivity index (χ2v) is 7.31. The van der Waals surface area contributed by atoms with Crippen LogP contribution in [0.2, 0.25) is 0 Å². The number of rotatable bonds is 5. The molecule has 0 amide bonds. The normalized spacial score (nSPS) is 11.0. The van der Waals surface area contributed by atoms with Gasteiger partial charge in [-0.05, 0) is 64.8 Å². The van der Waals surface area contributed by atoms with Crippen molar-refractivity contribution in [2.45, 2.75) is 54.7 Å². The maximum atomic E-state index is 6.12. The fraction of sp³-hybridized carbons (Fsp3) is 0.348. The summed E-state index contributed by atoms with van der Waals surface area (Å²) in [7, 11) is 0. The van der Waals surface area contributed by atoms with Gasteiger partial charge in [0.05, 0.1) is 5.52 Å². The summed E-state index contributed by atoms with van der Waals surface area (Å²) in [5, 5.41) is 1.26. The summed E-state index contributed by atoms with van der Waals surface area (Å²) >= 11 is 0. The number of ether oxygens (including phenoxy) is 1. The maximum Gasteiger partial charge on any atom is 0.132 e. The van der Waals surface area contributed by atoms with E-state index in [1.54, 1.807) is 0 Å². The summed E-state index contributed by atoms with van der Waals surface area (Å²) in [5.41, 5.74) is 8.50. The first kappa shape index (κ1) is 18.2.